The molecule has 2 N–H and O–H groups in total. The summed E-state index contributed by atoms with van der Waals surface area (Å²) in [5.41, 5.74) is 6.65. The topological polar surface area (TPSA) is 38.5 Å². The molecular formula is C15H25FN2O. The minimum Gasteiger partial charge on any atom is -0.491 e. The molecule has 0 aliphatic rings. The van der Waals surface area contributed by atoms with Crippen LogP contribution in [0.3, 0.4) is 0 Å². The zero-order valence-corrected chi connectivity index (χ0v) is 12.2. The van der Waals surface area contributed by atoms with Crippen LogP contribution in [-0.4, -0.2) is 31.6 Å². The third kappa shape index (κ3) is 5.17. The number of nitrogens with zero attached hydrogens (tertiary/aromatic N) is 1. The molecule has 1 atom stereocenters. The Hall–Kier alpha value is -1.13. The summed E-state index contributed by atoms with van der Waals surface area (Å²) in [5.74, 6) is 0.526. The molecule has 1 rings (SSSR count). The summed E-state index contributed by atoms with van der Waals surface area (Å²) in [5, 5.41) is 0. The molecule has 4 heteroatoms. The summed E-state index contributed by atoms with van der Waals surface area (Å²) in [6.45, 7) is 6.81. The molecule has 0 saturated carbocycles. The summed E-state index contributed by atoms with van der Waals surface area (Å²) < 4.78 is 18.9. The molecule has 0 saturated heterocycles. The maximum atomic E-state index is 13.7. The van der Waals surface area contributed by atoms with Gasteiger partial charge in [0.2, 0.25) is 0 Å². The second-order valence-electron chi connectivity index (χ2n) is 4.90. The van der Waals surface area contributed by atoms with E-state index in [9.17, 15) is 4.39 Å². The van der Waals surface area contributed by atoms with Crippen LogP contribution in [-0.2, 0) is 6.54 Å². The first-order valence-electron chi connectivity index (χ1n) is 6.90. The third-order valence-electron chi connectivity index (χ3n) is 3.23. The van der Waals surface area contributed by atoms with Gasteiger partial charge in [-0.2, -0.15) is 0 Å². The van der Waals surface area contributed by atoms with Crippen molar-refractivity contribution in [3.05, 3.63) is 29.6 Å². The van der Waals surface area contributed by atoms with Crippen molar-refractivity contribution >= 4 is 0 Å². The van der Waals surface area contributed by atoms with E-state index in [0.717, 1.165) is 25.1 Å². The molecule has 0 fully saturated rings. The molecule has 3 nitrogen and oxygen atoms in total. The van der Waals surface area contributed by atoms with E-state index < -0.39 is 0 Å². The van der Waals surface area contributed by atoms with Gasteiger partial charge in [0.15, 0.2) is 11.6 Å². The van der Waals surface area contributed by atoms with Gasteiger partial charge in [0.1, 0.15) is 0 Å². The largest absolute Gasteiger partial charge is 0.491 e. The van der Waals surface area contributed by atoms with Crippen molar-refractivity contribution in [3.63, 3.8) is 0 Å². The lowest BCUT2D eigenvalue weighted by atomic mass is 10.1. The average molecular weight is 268 g/mol. The number of benzene rings is 1. The molecule has 0 bridgehead atoms. The van der Waals surface area contributed by atoms with Gasteiger partial charge in [0, 0.05) is 13.1 Å². The fraction of sp³-hybridized carbons (Fsp3) is 0.600. The molecule has 0 aromatic heterocycles. The predicted octanol–water partition coefficient (Wildman–Crippen LogP) is 2.64. The zero-order chi connectivity index (χ0) is 14.3. The highest BCUT2D eigenvalue weighted by molar-refractivity contribution is 5.29. The molecule has 0 spiro atoms. The minimum atomic E-state index is -0.293. The molecule has 1 aromatic carbocycles. The van der Waals surface area contributed by atoms with Gasteiger partial charge in [-0.3, -0.25) is 0 Å². The van der Waals surface area contributed by atoms with Crippen molar-refractivity contribution in [2.45, 2.75) is 26.8 Å². The Kier molecular flexibility index (Phi) is 6.81. The maximum absolute atomic E-state index is 13.7. The van der Waals surface area contributed by atoms with Crippen molar-refractivity contribution in [3.8, 4) is 5.75 Å². The van der Waals surface area contributed by atoms with Crippen molar-refractivity contribution in [1.82, 2.24) is 4.90 Å². The van der Waals surface area contributed by atoms with Crippen molar-refractivity contribution in [1.29, 1.82) is 0 Å². The first-order valence-corrected chi connectivity index (χ1v) is 6.90. The first kappa shape index (κ1) is 15.9. The predicted molar refractivity (Wildman–Crippen MR) is 76.7 cm³/mol. The number of ether oxygens (including phenoxy) is 1. The lowest BCUT2D eigenvalue weighted by molar-refractivity contribution is 0.267. The Morgan fingerprint density at radius 3 is 2.63 bits per heavy atom. The lowest BCUT2D eigenvalue weighted by Gasteiger charge is -2.22. The third-order valence-corrected chi connectivity index (χ3v) is 3.23. The van der Waals surface area contributed by atoms with Crippen LogP contribution in [0.1, 0.15) is 25.8 Å². The van der Waals surface area contributed by atoms with Crippen molar-refractivity contribution in [2.75, 3.05) is 26.7 Å². The summed E-state index contributed by atoms with van der Waals surface area (Å²) >= 11 is 0. The summed E-state index contributed by atoms with van der Waals surface area (Å²) in [4.78, 5) is 2.18. The highest BCUT2D eigenvalue weighted by atomic mass is 19.1. The van der Waals surface area contributed by atoms with Gasteiger partial charge in [-0.1, -0.05) is 19.4 Å². The number of hydrogen-bond acceptors (Lipinski definition) is 3. The summed E-state index contributed by atoms with van der Waals surface area (Å²) in [6.07, 6.45) is 1.07. The molecule has 0 aliphatic carbocycles. The fourth-order valence-electron chi connectivity index (χ4n) is 2.10. The second kappa shape index (κ2) is 8.12. The van der Waals surface area contributed by atoms with Crippen LogP contribution >= 0.6 is 0 Å². The average Bonchev–Trinajstić information content (AvgIpc) is 2.39. The Morgan fingerprint density at radius 2 is 2.11 bits per heavy atom. The number of nitrogens with two attached hydrogens (primary N) is 1. The molecular weight excluding hydrogens is 243 g/mol. The van der Waals surface area contributed by atoms with Crippen LogP contribution < -0.4 is 10.5 Å². The molecule has 19 heavy (non-hydrogen) atoms. The van der Waals surface area contributed by atoms with Gasteiger partial charge in [-0.05, 0) is 44.1 Å². The quantitative estimate of drug-likeness (QED) is 0.787. The molecule has 0 radical (unpaired) electrons. The van der Waals surface area contributed by atoms with E-state index in [0.29, 0.717) is 24.8 Å². The van der Waals surface area contributed by atoms with E-state index in [4.69, 9.17) is 10.5 Å². The zero-order valence-electron chi connectivity index (χ0n) is 12.2. The number of halogens is 1. The Balaban J connectivity index is 2.59. The van der Waals surface area contributed by atoms with Crippen LogP contribution in [0, 0.1) is 11.7 Å². The van der Waals surface area contributed by atoms with Crippen LogP contribution in [0.15, 0.2) is 18.2 Å². The monoisotopic (exact) mass is 268 g/mol. The normalized spacial score (nSPS) is 12.7. The van der Waals surface area contributed by atoms with E-state index >= 15 is 0 Å². The van der Waals surface area contributed by atoms with E-state index in [-0.39, 0.29) is 5.82 Å². The van der Waals surface area contributed by atoms with Crippen LogP contribution in [0.25, 0.3) is 0 Å². The van der Waals surface area contributed by atoms with E-state index in [1.807, 2.05) is 20.0 Å². The van der Waals surface area contributed by atoms with Crippen LogP contribution in [0.2, 0.25) is 0 Å². The van der Waals surface area contributed by atoms with Gasteiger partial charge in [0.25, 0.3) is 0 Å². The minimum absolute atomic E-state index is 0.293. The van der Waals surface area contributed by atoms with Gasteiger partial charge < -0.3 is 15.4 Å². The van der Waals surface area contributed by atoms with Gasteiger partial charge in [0.05, 0.1) is 6.61 Å². The SMILES string of the molecule is CCOc1ccc(CN(C)CC(CC)CN)cc1F. The Morgan fingerprint density at radius 1 is 1.37 bits per heavy atom. The van der Waals surface area contributed by atoms with E-state index in [1.165, 1.54) is 0 Å². The molecule has 0 aliphatic heterocycles. The van der Waals surface area contributed by atoms with Crippen molar-refractivity contribution < 1.29 is 9.13 Å². The van der Waals surface area contributed by atoms with E-state index in [2.05, 4.69) is 11.8 Å². The maximum Gasteiger partial charge on any atom is 0.165 e. The second-order valence-corrected chi connectivity index (χ2v) is 4.90. The first-order chi connectivity index (χ1) is 9.10. The standard InChI is InChI=1S/C15H25FN2O/c1-4-12(9-17)10-18(3)11-13-6-7-15(19-5-2)14(16)8-13/h6-8,12H,4-5,9-11,17H2,1-3H3. The summed E-state index contributed by atoms with van der Waals surface area (Å²) in [7, 11) is 2.03. The number of hydrogen-bond donors (Lipinski definition) is 1. The van der Waals surface area contributed by atoms with Gasteiger partial charge in [-0.25, -0.2) is 4.39 Å². The highest BCUT2D eigenvalue weighted by Gasteiger charge is 2.10. The molecule has 108 valence electrons. The summed E-state index contributed by atoms with van der Waals surface area (Å²) in [6, 6.07) is 5.15. The van der Waals surface area contributed by atoms with Crippen LogP contribution in [0.4, 0.5) is 4.39 Å². The number of rotatable bonds is 8. The smallest absolute Gasteiger partial charge is 0.165 e. The van der Waals surface area contributed by atoms with Crippen molar-refractivity contribution in [2.24, 2.45) is 11.7 Å². The molecule has 0 amide bonds. The fourth-order valence-corrected chi connectivity index (χ4v) is 2.10. The van der Waals surface area contributed by atoms with Gasteiger partial charge in [-0.15, -0.1) is 0 Å². The van der Waals surface area contributed by atoms with Gasteiger partial charge >= 0.3 is 0 Å². The van der Waals surface area contributed by atoms with E-state index in [1.54, 1.807) is 12.1 Å². The highest BCUT2D eigenvalue weighted by Crippen LogP contribution is 2.19. The molecule has 1 aromatic rings. The Bertz CT molecular complexity index is 380. The lowest BCUT2D eigenvalue weighted by Crippen LogP contribution is -2.29. The Labute approximate surface area is 115 Å². The molecule has 0 heterocycles. The molecule has 1 unspecified atom stereocenters. The van der Waals surface area contributed by atoms with Crippen LogP contribution in [0.5, 0.6) is 5.75 Å².